The zero-order valence-electron chi connectivity index (χ0n) is 17.1. The van der Waals surface area contributed by atoms with E-state index >= 15 is 0 Å². The molecule has 0 saturated heterocycles. The van der Waals surface area contributed by atoms with Gasteiger partial charge >= 0.3 is 0 Å². The summed E-state index contributed by atoms with van der Waals surface area (Å²) in [5, 5.41) is 0. The highest BCUT2D eigenvalue weighted by atomic mass is 16.5. The maximum Gasteiger partial charge on any atom is 0.203 e. The third kappa shape index (κ3) is 2.83. The third-order valence-corrected chi connectivity index (χ3v) is 5.91. The largest absolute Gasteiger partial charge is 0.493 e. The molecule has 0 spiro atoms. The number of fused-ring (bicyclic) bond motifs is 4. The van der Waals surface area contributed by atoms with Gasteiger partial charge in [-0.2, -0.15) is 0 Å². The van der Waals surface area contributed by atoms with Crippen LogP contribution in [0.3, 0.4) is 0 Å². The highest BCUT2D eigenvalue weighted by molar-refractivity contribution is 5.60. The zero-order valence-corrected chi connectivity index (χ0v) is 17.1. The molecule has 2 aromatic carbocycles. The van der Waals surface area contributed by atoms with E-state index in [0.717, 1.165) is 43.2 Å². The van der Waals surface area contributed by atoms with Gasteiger partial charge in [0.05, 0.1) is 35.5 Å². The Morgan fingerprint density at radius 2 is 1.39 bits per heavy atom. The first-order valence-corrected chi connectivity index (χ1v) is 9.44. The van der Waals surface area contributed by atoms with E-state index in [9.17, 15) is 0 Å². The van der Waals surface area contributed by atoms with Gasteiger partial charge in [-0.05, 0) is 47.7 Å². The molecule has 0 radical (unpaired) electrons. The molecule has 0 amide bonds. The molecule has 0 saturated carbocycles. The lowest BCUT2D eigenvalue weighted by Gasteiger charge is -2.42. The fraction of sp³-hybridized carbons (Fsp3) is 0.455. The van der Waals surface area contributed by atoms with Crippen molar-refractivity contribution in [3.8, 4) is 28.7 Å². The standard InChI is InChI=1S/C22H27NO5/c1-24-18-9-13-6-7-23-12-16-14(8-17(23)15(13)11-19(18)25-2)10-20(26-3)22(28-5)21(16)27-4/h9-11,17H,6-8,12H2,1-5H3. The van der Waals surface area contributed by atoms with E-state index in [1.807, 2.05) is 0 Å². The van der Waals surface area contributed by atoms with Gasteiger partial charge in [0, 0.05) is 24.7 Å². The van der Waals surface area contributed by atoms with Crippen LogP contribution in [0.15, 0.2) is 18.2 Å². The minimum Gasteiger partial charge on any atom is -0.493 e. The lowest BCUT2D eigenvalue weighted by molar-refractivity contribution is 0.156. The molecule has 0 N–H and O–H groups in total. The highest BCUT2D eigenvalue weighted by Crippen LogP contribution is 2.48. The maximum absolute atomic E-state index is 5.72. The number of hydrogen-bond donors (Lipinski definition) is 0. The predicted molar refractivity (Wildman–Crippen MR) is 106 cm³/mol. The van der Waals surface area contributed by atoms with Crippen LogP contribution in [-0.4, -0.2) is 47.0 Å². The molecule has 28 heavy (non-hydrogen) atoms. The predicted octanol–water partition coefficient (Wildman–Crippen LogP) is 3.39. The Morgan fingerprint density at radius 1 is 0.750 bits per heavy atom. The summed E-state index contributed by atoms with van der Waals surface area (Å²) in [4.78, 5) is 2.50. The van der Waals surface area contributed by atoms with Crippen molar-refractivity contribution < 1.29 is 23.7 Å². The van der Waals surface area contributed by atoms with Gasteiger partial charge in [-0.15, -0.1) is 0 Å². The highest BCUT2D eigenvalue weighted by Gasteiger charge is 2.36. The number of methoxy groups -OCH3 is 5. The zero-order chi connectivity index (χ0) is 19.8. The Bertz CT molecular complexity index is 895. The van der Waals surface area contributed by atoms with Crippen LogP contribution in [0.4, 0.5) is 0 Å². The Kier molecular flexibility index (Phi) is 4.98. The van der Waals surface area contributed by atoms with E-state index in [-0.39, 0.29) is 0 Å². The fourth-order valence-corrected chi connectivity index (χ4v) is 4.54. The van der Waals surface area contributed by atoms with E-state index in [2.05, 4.69) is 23.1 Å². The Hall–Kier alpha value is -2.60. The number of rotatable bonds is 5. The van der Waals surface area contributed by atoms with E-state index in [1.165, 1.54) is 22.3 Å². The molecule has 1 atom stereocenters. The molecule has 2 heterocycles. The normalized spacial score (nSPS) is 17.8. The molecular formula is C22H27NO5. The number of nitrogens with zero attached hydrogens (tertiary/aromatic N) is 1. The summed E-state index contributed by atoms with van der Waals surface area (Å²) in [6.45, 7) is 1.81. The molecule has 0 bridgehead atoms. The van der Waals surface area contributed by atoms with Crippen LogP contribution in [0.2, 0.25) is 0 Å². The van der Waals surface area contributed by atoms with Gasteiger partial charge in [-0.3, -0.25) is 4.90 Å². The minimum absolute atomic E-state index is 0.291. The fourth-order valence-electron chi connectivity index (χ4n) is 4.54. The van der Waals surface area contributed by atoms with Crippen LogP contribution in [0.1, 0.15) is 28.3 Å². The quantitative estimate of drug-likeness (QED) is 0.786. The van der Waals surface area contributed by atoms with Crippen LogP contribution in [0.25, 0.3) is 0 Å². The summed E-state index contributed by atoms with van der Waals surface area (Å²) in [5.41, 5.74) is 5.05. The number of hydrogen-bond acceptors (Lipinski definition) is 6. The molecule has 6 nitrogen and oxygen atoms in total. The molecule has 2 aromatic rings. The van der Waals surface area contributed by atoms with Crippen molar-refractivity contribution in [3.63, 3.8) is 0 Å². The second-order valence-corrected chi connectivity index (χ2v) is 7.13. The Labute approximate surface area is 165 Å². The molecule has 6 heteroatoms. The van der Waals surface area contributed by atoms with Crippen LogP contribution in [0, 0.1) is 0 Å². The lowest BCUT2D eigenvalue weighted by atomic mass is 9.83. The monoisotopic (exact) mass is 385 g/mol. The molecule has 150 valence electrons. The molecule has 0 aromatic heterocycles. The van der Waals surface area contributed by atoms with Crippen molar-refractivity contribution >= 4 is 0 Å². The lowest BCUT2D eigenvalue weighted by Crippen LogP contribution is -2.39. The summed E-state index contributed by atoms with van der Waals surface area (Å²) in [7, 11) is 8.36. The van der Waals surface area contributed by atoms with Gasteiger partial charge in [0.2, 0.25) is 5.75 Å². The SMILES string of the molecule is COc1cc2c(cc1OC)C1Cc3cc(OC)c(OC)c(OC)c3CN1CC2. The van der Waals surface area contributed by atoms with Gasteiger partial charge in [-0.25, -0.2) is 0 Å². The van der Waals surface area contributed by atoms with E-state index in [0.29, 0.717) is 17.5 Å². The van der Waals surface area contributed by atoms with Crippen molar-refractivity contribution in [2.75, 3.05) is 42.1 Å². The summed E-state index contributed by atoms with van der Waals surface area (Å²) in [5.74, 6) is 3.70. The Balaban J connectivity index is 1.80. The second kappa shape index (κ2) is 7.43. The second-order valence-electron chi connectivity index (χ2n) is 7.13. The Morgan fingerprint density at radius 3 is 2.04 bits per heavy atom. The molecule has 2 aliphatic rings. The van der Waals surface area contributed by atoms with Gasteiger partial charge in [0.1, 0.15) is 0 Å². The summed E-state index contributed by atoms with van der Waals surface area (Å²) in [6.07, 6.45) is 1.87. The van der Waals surface area contributed by atoms with Crippen LogP contribution in [0.5, 0.6) is 28.7 Å². The number of ether oxygens (including phenoxy) is 5. The summed E-state index contributed by atoms with van der Waals surface area (Å²) < 4.78 is 27.9. The smallest absolute Gasteiger partial charge is 0.203 e. The van der Waals surface area contributed by atoms with E-state index in [1.54, 1.807) is 35.5 Å². The van der Waals surface area contributed by atoms with Gasteiger partial charge in [0.25, 0.3) is 0 Å². The van der Waals surface area contributed by atoms with Gasteiger partial charge < -0.3 is 23.7 Å². The van der Waals surface area contributed by atoms with Gasteiger partial charge in [0.15, 0.2) is 23.0 Å². The average Bonchev–Trinajstić information content (AvgIpc) is 2.75. The first-order chi connectivity index (χ1) is 13.6. The molecular weight excluding hydrogens is 358 g/mol. The first kappa shape index (κ1) is 18.7. The van der Waals surface area contributed by atoms with Crippen molar-refractivity contribution in [1.29, 1.82) is 0 Å². The molecule has 2 aliphatic heterocycles. The van der Waals surface area contributed by atoms with E-state index < -0.39 is 0 Å². The van der Waals surface area contributed by atoms with Crippen molar-refractivity contribution in [3.05, 3.63) is 40.5 Å². The van der Waals surface area contributed by atoms with Crippen molar-refractivity contribution in [1.82, 2.24) is 4.90 Å². The topological polar surface area (TPSA) is 49.4 Å². The molecule has 1 unspecified atom stereocenters. The van der Waals surface area contributed by atoms with Crippen LogP contribution < -0.4 is 23.7 Å². The average molecular weight is 385 g/mol. The minimum atomic E-state index is 0.291. The van der Waals surface area contributed by atoms with Crippen molar-refractivity contribution in [2.24, 2.45) is 0 Å². The van der Waals surface area contributed by atoms with Crippen LogP contribution >= 0.6 is 0 Å². The summed E-state index contributed by atoms with van der Waals surface area (Å²) in [6, 6.07) is 6.63. The molecule has 4 rings (SSSR count). The van der Waals surface area contributed by atoms with Gasteiger partial charge in [-0.1, -0.05) is 0 Å². The third-order valence-electron chi connectivity index (χ3n) is 5.91. The maximum atomic E-state index is 5.72. The summed E-state index contributed by atoms with van der Waals surface area (Å²) >= 11 is 0. The van der Waals surface area contributed by atoms with E-state index in [4.69, 9.17) is 23.7 Å². The number of benzene rings is 2. The van der Waals surface area contributed by atoms with Crippen molar-refractivity contribution in [2.45, 2.75) is 25.4 Å². The first-order valence-electron chi connectivity index (χ1n) is 9.44. The molecule has 0 fully saturated rings. The molecule has 0 aliphatic carbocycles. The van der Waals surface area contributed by atoms with Crippen LogP contribution in [-0.2, 0) is 19.4 Å².